The maximum absolute atomic E-state index is 12.0. The molecule has 2 aromatic rings. The molecule has 0 atom stereocenters. The van der Waals surface area contributed by atoms with E-state index in [2.05, 4.69) is 4.98 Å². The van der Waals surface area contributed by atoms with E-state index >= 15 is 0 Å². The van der Waals surface area contributed by atoms with Crippen LogP contribution in [0.15, 0.2) is 29.2 Å². The highest BCUT2D eigenvalue weighted by molar-refractivity contribution is 6.67. The summed E-state index contributed by atoms with van der Waals surface area (Å²) in [4.78, 5) is 26.0. The van der Waals surface area contributed by atoms with Crippen LogP contribution in [-0.4, -0.2) is 10.2 Å². The van der Waals surface area contributed by atoms with Gasteiger partial charge in [0.05, 0.1) is 5.56 Å². The molecule has 0 spiro atoms. The number of aromatic amines is 1. The van der Waals surface area contributed by atoms with Gasteiger partial charge in [-0.2, -0.15) is 0 Å². The summed E-state index contributed by atoms with van der Waals surface area (Å²) in [5.41, 5.74) is 1.43. The highest BCUT2D eigenvalue weighted by Gasteiger charge is 2.11. The van der Waals surface area contributed by atoms with Crippen LogP contribution in [0.3, 0.4) is 0 Å². The molecule has 3 nitrogen and oxygen atoms in total. The maximum atomic E-state index is 12.0. The highest BCUT2D eigenvalue weighted by Crippen LogP contribution is 2.18. The fraction of sp³-hybridized carbons (Fsp3) is 0.231. The van der Waals surface area contributed by atoms with Crippen molar-refractivity contribution in [1.29, 1.82) is 0 Å². The molecule has 0 unspecified atom stereocenters. The molecule has 0 saturated carbocycles. The van der Waals surface area contributed by atoms with E-state index in [0.717, 1.165) is 5.56 Å². The molecule has 0 fully saturated rings. The molecule has 1 N–H and O–H groups in total. The summed E-state index contributed by atoms with van der Waals surface area (Å²) in [5.74, 6) is 0.328. The number of rotatable bonds is 2. The molecule has 0 aliphatic carbocycles. The minimum absolute atomic E-state index is 0.0138. The molecular weight excluding hydrogens is 238 g/mol. The third kappa shape index (κ3) is 2.11. The first kappa shape index (κ1) is 11.9. The molecule has 0 bridgehead atoms. The van der Waals surface area contributed by atoms with E-state index in [1.807, 2.05) is 32.0 Å². The Labute approximate surface area is 103 Å². The first-order valence-corrected chi connectivity index (χ1v) is 5.73. The number of hydrogen-bond donors (Lipinski definition) is 1. The van der Waals surface area contributed by atoms with E-state index in [0.29, 0.717) is 16.8 Å². The smallest absolute Gasteiger partial charge is 0.257 e. The molecule has 0 radical (unpaired) electrons. The third-order valence-electron chi connectivity index (χ3n) is 2.78. The summed E-state index contributed by atoms with van der Waals surface area (Å²) in [6.07, 6.45) is 1.36. The van der Waals surface area contributed by atoms with Gasteiger partial charge in [0.1, 0.15) is 0 Å². The molecule has 1 aromatic carbocycles. The Morgan fingerprint density at radius 1 is 1.35 bits per heavy atom. The van der Waals surface area contributed by atoms with Gasteiger partial charge in [-0.05, 0) is 35.2 Å². The Balaban J connectivity index is 2.78. The lowest BCUT2D eigenvalue weighted by molar-refractivity contribution is 0.108. The van der Waals surface area contributed by atoms with Crippen molar-refractivity contribution in [2.45, 2.75) is 19.8 Å². The van der Waals surface area contributed by atoms with Crippen LogP contribution in [0.25, 0.3) is 10.9 Å². The molecule has 0 saturated heterocycles. The molecule has 88 valence electrons. The maximum Gasteiger partial charge on any atom is 0.257 e. The van der Waals surface area contributed by atoms with Crippen molar-refractivity contribution in [2.24, 2.45) is 0 Å². The number of nitrogens with one attached hydrogen (secondary N) is 1. The van der Waals surface area contributed by atoms with Crippen molar-refractivity contribution >= 4 is 27.7 Å². The molecule has 2 rings (SSSR count). The largest absolute Gasteiger partial charge is 0.360 e. The van der Waals surface area contributed by atoms with E-state index in [1.54, 1.807) is 0 Å². The van der Waals surface area contributed by atoms with Crippen LogP contribution in [0.1, 0.15) is 35.7 Å². The Hall–Kier alpha value is -1.61. The molecule has 0 amide bonds. The summed E-state index contributed by atoms with van der Waals surface area (Å²) in [6, 6.07) is 5.61. The van der Waals surface area contributed by atoms with Gasteiger partial charge in [-0.3, -0.25) is 9.59 Å². The SMILES string of the molecule is CC(C)c1ccc2[nH]cc(C(=O)Cl)c(=O)c2c1. The van der Waals surface area contributed by atoms with Gasteiger partial charge in [0.15, 0.2) is 0 Å². The van der Waals surface area contributed by atoms with Gasteiger partial charge in [-0.1, -0.05) is 19.9 Å². The Morgan fingerprint density at radius 2 is 2.06 bits per heavy atom. The van der Waals surface area contributed by atoms with E-state index in [1.165, 1.54) is 6.20 Å². The van der Waals surface area contributed by atoms with Crippen molar-refractivity contribution in [2.75, 3.05) is 0 Å². The van der Waals surface area contributed by atoms with Gasteiger partial charge in [0, 0.05) is 17.1 Å². The van der Waals surface area contributed by atoms with Crippen molar-refractivity contribution in [1.82, 2.24) is 4.98 Å². The number of fused-ring (bicyclic) bond motifs is 1. The Bertz CT molecular complexity index is 643. The van der Waals surface area contributed by atoms with Crippen molar-refractivity contribution in [3.63, 3.8) is 0 Å². The normalized spacial score (nSPS) is 11.1. The van der Waals surface area contributed by atoms with Gasteiger partial charge >= 0.3 is 0 Å². The second kappa shape index (κ2) is 4.34. The van der Waals surface area contributed by atoms with Crippen molar-refractivity contribution in [3.8, 4) is 0 Å². The Morgan fingerprint density at radius 3 is 2.65 bits per heavy atom. The van der Waals surface area contributed by atoms with Gasteiger partial charge in [-0.25, -0.2) is 0 Å². The summed E-state index contributed by atoms with van der Waals surface area (Å²) in [6.45, 7) is 4.10. The number of benzene rings is 1. The zero-order valence-electron chi connectivity index (χ0n) is 9.58. The first-order chi connectivity index (χ1) is 8.00. The molecular formula is C13H12ClNO2. The minimum atomic E-state index is -0.733. The minimum Gasteiger partial charge on any atom is -0.360 e. The lowest BCUT2D eigenvalue weighted by Gasteiger charge is -2.06. The topological polar surface area (TPSA) is 49.9 Å². The third-order valence-corrected chi connectivity index (χ3v) is 2.99. The Kier molecular flexibility index (Phi) is 3.03. The molecule has 1 aromatic heterocycles. The molecule has 17 heavy (non-hydrogen) atoms. The number of H-pyrrole nitrogens is 1. The fourth-order valence-corrected chi connectivity index (χ4v) is 1.88. The van der Waals surface area contributed by atoms with Crippen LogP contribution in [-0.2, 0) is 0 Å². The zero-order valence-corrected chi connectivity index (χ0v) is 10.3. The summed E-state index contributed by atoms with van der Waals surface area (Å²) in [5, 5.41) is -0.231. The predicted octanol–water partition coefficient (Wildman–Crippen LogP) is 3.03. The molecule has 0 aliphatic heterocycles. The summed E-state index contributed by atoms with van der Waals surface area (Å²) >= 11 is 5.35. The number of aromatic nitrogens is 1. The van der Waals surface area contributed by atoms with Crippen LogP contribution in [0.4, 0.5) is 0 Å². The number of hydrogen-bond acceptors (Lipinski definition) is 2. The van der Waals surface area contributed by atoms with Crippen LogP contribution in [0.5, 0.6) is 0 Å². The standard InChI is InChI=1S/C13H12ClNO2/c1-7(2)8-3-4-11-9(5-8)12(16)10(6-15-11)13(14)17/h3-7H,1-2H3,(H,15,16). The molecule has 0 aliphatic rings. The average molecular weight is 250 g/mol. The van der Waals surface area contributed by atoms with Crippen LogP contribution in [0.2, 0.25) is 0 Å². The molecule has 4 heteroatoms. The fourth-order valence-electron chi connectivity index (χ4n) is 1.74. The summed E-state index contributed by atoms with van der Waals surface area (Å²) < 4.78 is 0. The van der Waals surface area contributed by atoms with Gasteiger partial charge in [0.25, 0.3) is 5.24 Å². The van der Waals surface area contributed by atoms with Gasteiger partial charge < -0.3 is 4.98 Å². The number of carbonyl (C=O) groups excluding carboxylic acids is 1. The van der Waals surface area contributed by atoms with E-state index in [4.69, 9.17) is 11.6 Å². The average Bonchev–Trinajstić information content (AvgIpc) is 2.28. The van der Waals surface area contributed by atoms with Crippen LogP contribution in [0, 0.1) is 0 Å². The van der Waals surface area contributed by atoms with Crippen LogP contribution < -0.4 is 5.43 Å². The van der Waals surface area contributed by atoms with Crippen molar-refractivity contribution < 1.29 is 4.79 Å². The van der Waals surface area contributed by atoms with E-state index in [-0.39, 0.29) is 11.0 Å². The predicted molar refractivity (Wildman–Crippen MR) is 68.8 cm³/mol. The highest BCUT2D eigenvalue weighted by atomic mass is 35.5. The van der Waals surface area contributed by atoms with E-state index in [9.17, 15) is 9.59 Å². The monoisotopic (exact) mass is 249 g/mol. The lowest BCUT2D eigenvalue weighted by Crippen LogP contribution is -2.12. The van der Waals surface area contributed by atoms with Gasteiger partial charge in [-0.15, -0.1) is 0 Å². The van der Waals surface area contributed by atoms with Crippen LogP contribution >= 0.6 is 11.6 Å². The summed E-state index contributed by atoms with van der Waals surface area (Å²) in [7, 11) is 0. The first-order valence-electron chi connectivity index (χ1n) is 5.36. The second-order valence-corrected chi connectivity index (χ2v) is 4.61. The number of halogens is 1. The molecule has 1 heterocycles. The quantitative estimate of drug-likeness (QED) is 0.832. The number of carbonyl (C=O) groups is 1. The number of pyridine rings is 1. The van der Waals surface area contributed by atoms with E-state index < -0.39 is 5.24 Å². The second-order valence-electron chi connectivity index (χ2n) is 4.26. The van der Waals surface area contributed by atoms with Gasteiger partial charge in [0.2, 0.25) is 5.43 Å². The zero-order chi connectivity index (χ0) is 12.6. The van der Waals surface area contributed by atoms with Crippen molar-refractivity contribution in [3.05, 3.63) is 45.7 Å². The lowest BCUT2D eigenvalue weighted by atomic mass is 10.0.